The topological polar surface area (TPSA) is 88.8 Å². The maximum Gasteiger partial charge on any atom is 0.326 e. The molecule has 1 aromatic carbocycles. The van der Waals surface area contributed by atoms with E-state index in [9.17, 15) is 14.7 Å². The minimum atomic E-state index is -1.06. The Labute approximate surface area is 147 Å². The van der Waals surface area contributed by atoms with E-state index in [0.717, 1.165) is 21.8 Å². The van der Waals surface area contributed by atoms with Crippen molar-refractivity contribution in [2.45, 2.75) is 25.8 Å². The highest BCUT2D eigenvalue weighted by Gasteiger charge is 2.32. The molecule has 1 saturated heterocycles. The van der Waals surface area contributed by atoms with Gasteiger partial charge in [-0.05, 0) is 43.5 Å². The number of rotatable bonds is 4. The Morgan fingerprint density at radius 1 is 1.38 bits per heavy atom. The molecule has 1 aliphatic heterocycles. The molecule has 2 N–H and O–H groups in total. The number of nitrogens with one attached hydrogen (secondary N) is 1. The van der Waals surface area contributed by atoms with Crippen molar-refractivity contribution in [1.82, 2.24) is 5.32 Å². The number of aliphatic carboxylic acids is 1. The highest BCUT2D eigenvalue weighted by molar-refractivity contribution is 9.10. The molecular formula is C17H18BrNO5. The van der Waals surface area contributed by atoms with Crippen LogP contribution in [0.25, 0.3) is 11.0 Å². The lowest BCUT2D eigenvalue weighted by Crippen LogP contribution is -2.48. The lowest BCUT2D eigenvalue weighted by Gasteiger charge is -2.27. The molecule has 2 atom stereocenters. The second-order valence-electron chi connectivity index (χ2n) is 6.02. The Morgan fingerprint density at radius 2 is 2.17 bits per heavy atom. The average molecular weight is 396 g/mol. The van der Waals surface area contributed by atoms with Crippen molar-refractivity contribution in [3.63, 3.8) is 0 Å². The predicted octanol–water partition coefficient (Wildman–Crippen LogP) is 3.11. The first-order chi connectivity index (χ1) is 11.5. The van der Waals surface area contributed by atoms with Crippen molar-refractivity contribution in [2.24, 2.45) is 5.92 Å². The van der Waals surface area contributed by atoms with Crippen molar-refractivity contribution in [2.75, 3.05) is 13.2 Å². The van der Waals surface area contributed by atoms with Crippen LogP contribution in [0.15, 0.2) is 27.1 Å². The van der Waals surface area contributed by atoms with E-state index in [0.29, 0.717) is 25.2 Å². The molecule has 1 aliphatic rings. The first kappa shape index (κ1) is 17.0. The van der Waals surface area contributed by atoms with Crippen LogP contribution in [-0.4, -0.2) is 36.2 Å². The molecule has 0 bridgehead atoms. The largest absolute Gasteiger partial charge is 0.480 e. The molecule has 2 unspecified atom stereocenters. The van der Waals surface area contributed by atoms with Gasteiger partial charge in [-0.3, -0.25) is 4.79 Å². The number of carbonyl (C=O) groups excluding carboxylic acids is 1. The maximum absolute atomic E-state index is 12.4. The third kappa shape index (κ3) is 3.47. The van der Waals surface area contributed by atoms with Crippen molar-refractivity contribution in [3.05, 3.63) is 34.0 Å². The van der Waals surface area contributed by atoms with Gasteiger partial charge in [-0.15, -0.1) is 0 Å². The molecule has 1 amide bonds. The summed E-state index contributed by atoms with van der Waals surface area (Å²) in [6.07, 6.45) is 1.51. The van der Waals surface area contributed by atoms with Crippen LogP contribution < -0.4 is 5.32 Å². The van der Waals surface area contributed by atoms with Crippen LogP contribution in [0.4, 0.5) is 0 Å². The second kappa shape index (κ2) is 6.94. The third-order valence-corrected chi connectivity index (χ3v) is 4.67. The number of furan rings is 1. The minimum absolute atomic E-state index is 0.106. The normalized spacial score (nSPS) is 19.2. The zero-order chi connectivity index (χ0) is 17.3. The van der Waals surface area contributed by atoms with E-state index in [1.165, 1.54) is 0 Å². The van der Waals surface area contributed by atoms with Crippen LogP contribution in [0.3, 0.4) is 0 Å². The molecule has 0 aliphatic carbocycles. The van der Waals surface area contributed by atoms with Crippen LogP contribution in [-0.2, 0) is 9.53 Å². The monoisotopic (exact) mass is 395 g/mol. The van der Waals surface area contributed by atoms with Crippen molar-refractivity contribution < 1.29 is 23.8 Å². The molecule has 1 fully saturated rings. The van der Waals surface area contributed by atoms with Crippen molar-refractivity contribution >= 4 is 38.8 Å². The number of ether oxygens (including phenoxy) is 1. The van der Waals surface area contributed by atoms with Gasteiger partial charge in [0.05, 0.1) is 6.61 Å². The Hall–Kier alpha value is -1.86. The number of fused-ring (bicyclic) bond motifs is 1. The summed E-state index contributed by atoms with van der Waals surface area (Å²) in [5.74, 6) is -1.72. The number of hydrogen-bond acceptors (Lipinski definition) is 4. The molecule has 2 heterocycles. The zero-order valence-corrected chi connectivity index (χ0v) is 14.8. The molecule has 3 rings (SSSR count). The molecule has 2 aromatic rings. The Kier molecular flexibility index (Phi) is 4.91. The predicted molar refractivity (Wildman–Crippen MR) is 91.1 cm³/mol. The number of carbonyl (C=O) groups is 2. The number of halogens is 1. The van der Waals surface area contributed by atoms with E-state index in [4.69, 9.17) is 9.15 Å². The summed E-state index contributed by atoms with van der Waals surface area (Å²) in [5, 5.41) is 12.8. The van der Waals surface area contributed by atoms with Gasteiger partial charge < -0.3 is 19.6 Å². The summed E-state index contributed by atoms with van der Waals surface area (Å²) >= 11 is 3.41. The number of benzene rings is 1. The number of aryl methyl sites for hydroxylation is 1. The van der Waals surface area contributed by atoms with Crippen molar-refractivity contribution in [1.29, 1.82) is 0 Å². The fourth-order valence-electron chi connectivity index (χ4n) is 3.02. The summed E-state index contributed by atoms with van der Waals surface area (Å²) in [6.45, 7) is 2.86. The van der Waals surface area contributed by atoms with E-state index in [1.54, 1.807) is 6.07 Å². The van der Waals surface area contributed by atoms with Gasteiger partial charge in [-0.2, -0.15) is 0 Å². The SMILES string of the molecule is Cc1cc(Br)cc2cc(C(=O)NC(C(=O)O)C3CCCOC3)oc12. The summed E-state index contributed by atoms with van der Waals surface area (Å²) in [6, 6.07) is 4.39. The molecular weight excluding hydrogens is 378 g/mol. The molecule has 7 heteroatoms. The first-order valence-corrected chi connectivity index (χ1v) is 8.56. The second-order valence-corrected chi connectivity index (χ2v) is 6.93. The summed E-state index contributed by atoms with van der Waals surface area (Å²) in [4.78, 5) is 24.0. The molecule has 0 radical (unpaired) electrons. The molecule has 24 heavy (non-hydrogen) atoms. The first-order valence-electron chi connectivity index (χ1n) is 7.77. The van der Waals surface area contributed by atoms with E-state index in [1.807, 2.05) is 19.1 Å². The summed E-state index contributed by atoms with van der Waals surface area (Å²) in [7, 11) is 0. The standard InChI is InChI=1S/C17H18BrNO5/c1-9-5-12(18)6-11-7-13(24-15(9)11)16(20)19-14(17(21)22)10-3-2-4-23-8-10/h5-7,10,14H,2-4,8H2,1H3,(H,19,20)(H,21,22). The summed E-state index contributed by atoms with van der Waals surface area (Å²) < 4.78 is 11.9. The lowest BCUT2D eigenvalue weighted by atomic mass is 9.93. The average Bonchev–Trinajstić information content (AvgIpc) is 2.97. The summed E-state index contributed by atoms with van der Waals surface area (Å²) in [5.41, 5.74) is 1.52. The Bertz CT molecular complexity index is 779. The van der Waals surface area contributed by atoms with Gasteiger partial charge in [0, 0.05) is 22.4 Å². The molecule has 128 valence electrons. The van der Waals surface area contributed by atoms with E-state index >= 15 is 0 Å². The van der Waals surface area contributed by atoms with Gasteiger partial charge in [0.15, 0.2) is 5.76 Å². The van der Waals surface area contributed by atoms with Gasteiger partial charge in [-0.1, -0.05) is 15.9 Å². The van der Waals surface area contributed by atoms with E-state index in [-0.39, 0.29) is 11.7 Å². The van der Waals surface area contributed by atoms with Crippen molar-refractivity contribution in [3.8, 4) is 0 Å². The van der Waals surface area contributed by atoms with Crippen LogP contribution in [0.1, 0.15) is 29.0 Å². The van der Waals surface area contributed by atoms with Gasteiger partial charge >= 0.3 is 5.97 Å². The van der Waals surface area contributed by atoms with Gasteiger partial charge in [0.2, 0.25) is 0 Å². The number of carboxylic acids is 1. The quantitative estimate of drug-likeness (QED) is 0.829. The zero-order valence-electron chi connectivity index (χ0n) is 13.2. The Balaban J connectivity index is 1.82. The number of carboxylic acid groups (broad SMARTS) is 1. The van der Waals surface area contributed by atoms with E-state index in [2.05, 4.69) is 21.2 Å². The lowest BCUT2D eigenvalue weighted by molar-refractivity contribution is -0.142. The molecule has 0 saturated carbocycles. The van der Waals surface area contributed by atoms with Gasteiger partial charge in [-0.25, -0.2) is 4.79 Å². The third-order valence-electron chi connectivity index (χ3n) is 4.21. The molecule has 0 spiro atoms. The van der Waals surface area contributed by atoms with Crippen LogP contribution >= 0.6 is 15.9 Å². The van der Waals surface area contributed by atoms with Crippen LogP contribution in [0.2, 0.25) is 0 Å². The minimum Gasteiger partial charge on any atom is -0.480 e. The highest BCUT2D eigenvalue weighted by atomic mass is 79.9. The maximum atomic E-state index is 12.4. The Morgan fingerprint density at radius 3 is 2.83 bits per heavy atom. The number of amides is 1. The van der Waals surface area contributed by atoms with Gasteiger partial charge in [0.1, 0.15) is 11.6 Å². The smallest absolute Gasteiger partial charge is 0.326 e. The molecule has 6 nitrogen and oxygen atoms in total. The van der Waals surface area contributed by atoms with Crippen LogP contribution in [0, 0.1) is 12.8 Å². The number of hydrogen-bond donors (Lipinski definition) is 2. The van der Waals surface area contributed by atoms with Gasteiger partial charge in [0.25, 0.3) is 5.91 Å². The molecule has 1 aromatic heterocycles. The fourth-order valence-corrected chi connectivity index (χ4v) is 3.61. The van der Waals surface area contributed by atoms with Crippen LogP contribution in [0.5, 0.6) is 0 Å². The fraction of sp³-hybridized carbons (Fsp3) is 0.412. The highest BCUT2D eigenvalue weighted by Crippen LogP contribution is 2.27. The van der Waals surface area contributed by atoms with E-state index < -0.39 is 17.9 Å².